The first-order valence-electron chi connectivity index (χ1n) is 8.37. The molecule has 1 aromatic carbocycles. The van der Waals surface area contributed by atoms with Crippen molar-refractivity contribution in [3.8, 4) is 0 Å². The van der Waals surface area contributed by atoms with Crippen molar-refractivity contribution in [1.82, 2.24) is 19.7 Å². The molecule has 4 rings (SSSR count). The third-order valence-electron chi connectivity index (χ3n) is 4.65. The van der Waals surface area contributed by atoms with Crippen molar-refractivity contribution in [2.45, 2.75) is 32.5 Å². The molecule has 0 fully saturated rings. The SMILES string of the molecule is COCc1nnc2n1CCN(C(=O)c1cc3ccccc3o1)[C@H](C)C2. The Bertz CT molecular complexity index is 881. The van der Waals surface area contributed by atoms with Gasteiger partial charge in [-0.05, 0) is 19.1 Å². The molecule has 1 aliphatic heterocycles. The molecule has 3 aromatic rings. The van der Waals surface area contributed by atoms with E-state index in [1.807, 2.05) is 46.7 Å². The van der Waals surface area contributed by atoms with Gasteiger partial charge in [-0.25, -0.2) is 0 Å². The zero-order valence-electron chi connectivity index (χ0n) is 14.3. The van der Waals surface area contributed by atoms with E-state index in [9.17, 15) is 4.79 Å². The van der Waals surface area contributed by atoms with E-state index in [4.69, 9.17) is 9.15 Å². The predicted octanol–water partition coefficient (Wildman–Crippen LogP) is 2.26. The van der Waals surface area contributed by atoms with E-state index in [0.717, 1.165) is 22.6 Å². The van der Waals surface area contributed by atoms with Gasteiger partial charge in [0.05, 0.1) is 0 Å². The molecule has 7 nitrogen and oxygen atoms in total. The van der Waals surface area contributed by atoms with Gasteiger partial charge in [0.25, 0.3) is 5.91 Å². The van der Waals surface area contributed by atoms with Gasteiger partial charge in [-0.2, -0.15) is 0 Å². The van der Waals surface area contributed by atoms with Crippen molar-refractivity contribution in [2.75, 3.05) is 13.7 Å². The Hall–Kier alpha value is -2.67. The van der Waals surface area contributed by atoms with E-state index in [0.29, 0.717) is 31.9 Å². The normalized spacial score (nSPS) is 17.5. The number of ether oxygens (including phenoxy) is 1. The molecule has 0 N–H and O–H groups in total. The highest BCUT2D eigenvalue weighted by molar-refractivity contribution is 5.96. The zero-order chi connectivity index (χ0) is 17.4. The summed E-state index contributed by atoms with van der Waals surface area (Å²) in [5, 5.41) is 9.38. The molecule has 1 atom stereocenters. The summed E-state index contributed by atoms with van der Waals surface area (Å²) in [6, 6.07) is 9.48. The number of hydrogen-bond donors (Lipinski definition) is 0. The highest BCUT2D eigenvalue weighted by Gasteiger charge is 2.29. The van der Waals surface area contributed by atoms with E-state index < -0.39 is 0 Å². The highest BCUT2D eigenvalue weighted by Crippen LogP contribution is 2.23. The average molecular weight is 340 g/mol. The smallest absolute Gasteiger partial charge is 0.289 e. The van der Waals surface area contributed by atoms with Gasteiger partial charge in [-0.3, -0.25) is 4.79 Å². The Morgan fingerprint density at radius 1 is 1.32 bits per heavy atom. The summed E-state index contributed by atoms with van der Waals surface area (Å²) in [6.07, 6.45) is 0.655. The van der Waals surface area contributed by atoms with Crippen molar-refractivity contribution in [3.63, 3.8) is 0 Å². The number of fused-ring (bicyclic) bond motifs is 2. The fourth-order valence-corrected chi connectivity index (χ4v) is 3.35. The number of rotatable bonds is 3. The quantitative estimate of drug-likeness (QED) is 0.731. The van der Waals surface area contributed by atoms with Gasteiger partial charge >= 0.3 is 0 Å². The van der Waals surface area contributed by atoms with Crippen LogP contribution in [0.25, 0.3) is 11.0 Å². The Kier molecular flexibility index (Phi) is 4.01. The van der Waals surface area contributed by atoms with E-state index in [2.05, 4.69) is 10.2 Å². The van der Waals surface area contributed by atoms with Crippen LogP contribution in [0, 0.1) is 0 Å². The summed E-state index contributed by atoms with van der Waals surface area (Å²) < 4.78 is 13.0. The summed E-state index contributed by atoms with van der Waals surface area (Å²) in [7, 11) is 1.64. The van der Waals surface area contributed by atoms with Gasteiger partial charge in [0.2, 0.25) is 0 Å². The van der Waals surface area contributed by atoms with Crippen molar-refractivity contribution in [3.05, 3.63) is 47.7 Å². The lowest BCUT2D eigenvalue weighted by atomic mass is 10.2. The number of furan rings is 1. The number of benzene rings is 1. The topological polar surface area (TPSA) is 73.4 Å². The molecule has 0 spiro atoms. The number of methoxy groups -OCH3 is 1. The molecular weight excluding hydrogens is 320 g/mol. The Morgan fingerprint density at radius 3 is 2.96 bits per heavy atom. The third-order valence-corrected chi connectivity index (χ3v) is 4.65. The summed E-state index contributed by atoms with van der Waals surface area (Å²) in [5.41, 5.74) is 0.729. The first-order valence-corrected chi connectivity index (χ1v) is 8.37. The third kappa shape index (κ3) is 2.80. The van der Waals surface area contributed by atoms with Gasteiger partial charge < -0.3 is 18.6 Å². The minimum Gasteiger partial charge on any atom is -0.451 e. The molecule has 130 valence electrons. The van der Waals surface area contributed by atoms with Crippen LogP contribution < -0.4 is 0 Å². The minimum absolute atomic E-state index is 0.0153. The van der Waals surface area contributed by atoms with Crippen LogP contribution in [0.15, 0.2) is 34.7 Å². The standard InChI is InChI=1S/C18H20N4O3/c1-12-9-16-19-20-17(11-24-2)22(16)8-7-21(12)18(23)15-10-13-5-3-4-6-14(13)25-15/h3-6,10,12H,7-9,11H2,1-2H3/t12-/m1/s1. The second-order valence-corrected chi connectivity index (χ2v) is 6.32. The highest BCUT2D eigenvalue weighted by atomic mass is 16.5. The van der Waals surface area contributed by atoms with Crippen LogP contribution in [0.3, 0.4) is 0 Å². The molecule has 0 saturated heterocycles. The van der Waals surface area contributed by atoms with E-state index in [-0.39, 0.29) is 11.9 Å². The summed E-state index contributed by atoms with van der Waals surface area (Å²) in [5.74, 6) is 1.97. The molecule has 7 heteroatoms. The Balaban J connectivity index is 1.59. The van der Waals surface area contributed by atoms with Crippen LogP contribution >= 0.6 is 0 Å². The molecule has 0 unspecified atom stereocenters. The maximum atomic E-state index is 13.0. The van der Waals surface area contributed by atoms with Crippen LogP contribution in [0.4, 0.5) is 0 Å². The van der Waals surface area contributed by atoms with Crippen molar-refractivity contribution in [2.24, 2.45) is 0 Å². The Morgan fingerprint density at radius 2 is 2.16 bits per heavy atom. The second kappa shape index (κ2) is 6.33. The number of carbonyl (C=O) groups is 1. The molecule has 1 amide bonds. The molecule has 25 heavy (non-hydrogen) atoms. The second-order valence-electron chi connectivity index (χ2n) is 6.32. The molecule has 0 saturated carbocycles. The van der Waals surface area contributed by atoms with Crippen LogP contribution in [0.1, 0.15) is 29.1 Å². The number of hydrogen-bond acceptors (Lipinski definition) is 5. The number of nitrogens with zero attached hydrogens (tertiary/aromatic N) is 4. The maximum Gasteiger partial charge on any atom is 0.289 e. The number of aromatic nitrogens is 3. The summed E-state index contributed by atoms with van der Waals surface area (Å²) >= 11 is 0. The largest absolute Gasteiger partial charge is 0.451 e. The summed E-state index contributed by atoms with van der Waals surface area (Å²) in [6.45, 7) is 3.68. The fourth-order valence-electron chi connectivity index (χ4n) is 3.35. The fraction of sp³-hybridized carbons (Fsp3) is 0.389. The summed E-state index contributed by atoms with van der Waals surface area (Å²) in [4.78, 5) is 14.8. The molecule has 1 aliphatic rings. The van der Waals surface area contributed by atoms with Crippen molar-refractivity contribution < 1.29 is 13.9 Å². The van der Waals surface area contributed by atoms with Gasteiger partial charge in [0.1, 0.15) is 18.0 Å². The molecule has 0 radical (unpaired) electrons. The van der Waals surface area contributed by atoms with Crippen LogP contribution in [-0.2, 0) is 24.3 Å². The number of para-hydroxylation sites is 1. The zero-order valence-corrected chi connectivity index (χ0v) is 14.3. The Labute approximate surface area is 145 Å². The molecular formula is C18H20N4O3. The van der Waals surface area contributed by atoms with Gasteiger partial charge in [-0.1, -0.05) is 18.2 Å². The molecule has 0 aliphatic carbocycles. The first kappa shape index (κ1) is 15.8. The average Bonchev–Trinajstić information content (AvgIpc) is 3.16. The lowest BCUT2D eigenvalue weighted by molar-refractivity contribution is 0.0664. The van der Waals surface area contributed by atoms with E-state index in [1.165, 1.54) is 0 Å². The molecule has 3 heterocycles. The predicted molar refractivity (Wildman–Crippen MR) is 91.2 cm³/mol. The molecule has 0 bridgehead atoms. The van der Waals surface area contributed by atoms with Crippen LogP contribution in [0.2, 0.25) is 0 Å². The first-order chi connectivity index (χ1) is 12.2. The minimum atomic E-state index is -0.0873. The monoisotopic (exact) mass is 340 g/mol. The van der Waals surface area contributed by atoms with Crippen molar-refractivity contribution >= 4 is 16.9 Å². The van der Waals surface area contributed by atoms with Gasteiger partial charge in [0, 0.05) is 38.0 Å². The van der Waals surface area contributed by atoms with Gasteiger partial charge in [0.15, 0.2) is 11.6 Å². The van der Waals surface area contributed by atoms with E-state index in [1.54, 1.807) is 7.11 Å². The number of carbonyl (C=O) groups excluding carboxylic acids is 1. The van der Waals surface area contributed by atoms with Crippen LogP contribution in [-0.4, -0.2) is 45.3 Å². The van der Waals surface area contributed by atoms with Crippen LogP contribution in [0.5, 0.6) is 0 Å². The number of amides is 1. The molecule has 2 aromatic heterocycles. The van der Waals surface area contributed by atoms with Gasteiger partial charge in [-0.15, -0.1) is 10.2 Å². The van der Waals surface area contributed by atoms with Crippen molar-refractivity contribution in [1.29, 1.82) is 0 Å². The lowest BCUT2D eigenvalue weighted by Gasteiger charge is -2.25. The van der Waals surface area contributed by atoms with E-state index >= 15 is 0 Å². The lowest BCUT2D eigenvalue weighted by Crippen LogP contribution is -2.40. The maximum absolute atomic E-state index is 13.0.